The molecule has 2 nitrogen and oxygen atoms in total. The Hall–Kier alpha value is -2.07. The molecule has 0 spiro atoms. The highest BCUT2D eigenvalue weighted by Gasteiger charge is 2.27. The van der Waals surface area contributed by atoms with E-state index in [9.17, 15) is 4.39 Å². The standard InChI is InChI=1S/C23H27FN2S/c1-3-6-20-7-4-5-8-22(20)27-23(2,17-26-16-15-25-18-26)14-13-19-9-11-21(24)12-10-19/h4-5,7-12,15-16,18H,3,6,13-14,17H2,1-2H3. The highest BCUT2D eigenvalue weighted by Crippen LogP contribution is 2.39. The Morgan fingerprint density at radius 1 is 1.07 bits per heavy atom. The molecule has 1 aromatic heterocycles. The summed E-state index contributed by atoms with van der Waals surface area (Å²) in [5, 5.41) is 0. The fourth-order valence-electron chi connectivity index (χ4n) is 3.33. The molecule has 1 heterocycles. The molecule has 2 aromatic carbocycles. The molecule has 0 aliphatic carbocycles. The number of hydrogen-bond acceptors (Lipinski definition) is 2. The fourth-order valence-corrected chi connectivity index (χ4v) is 4.73. The summed E-state index contributed by atoms with van der Waals surface area (Å²) in [5.74, 6) is -0.178. The lowest BCUT2D eigenvalue weighted by molar-refractivity contribution is 0.495. The Morgan fingerprint density at radius 3 is 2.56 bits per heavy atom. The molecule has 0 radical (unpaired) electrons. The van der Waals surface area contributed by atoms with Crippen LogP contribution in [0.3, 0.4) is 0 Å². The van der Waals surface area contributed by atoms with Crippen molar-refractivity contribution >= 4 is 11.8 Å². The number of hydrogen-bond donors (Lipinski definition) is 0. The molecule has 142 valence electrons. The van der Waals surface area contributed by atoms with Crippen molar-refractivity contribution in [3.8, 4) is 0 Å². The summed E-state index contributed by atoms with van der Waals surface area (Å²) in [6, 6.07) is 15.6. The van der Waals surface area contributed by atoms with Gasteiger partial charge < -0.3 is 4.57 Å². The van der Waals surface area contributed by atoms with E-state index in [-0.39, 0.29) is 10.6 Å². The van der Waals surface area contributed by atoms with E-state index in [2.05, 4.69) is 47.7 Å². The predicted molar refractivity (Wildman–Crippen MR) is 112 cm³/mol. The van der Waals surface area contributed by atoms with Crippen molar-refractivity contribution in [2.45, 2.75) is 55.7 Å². The maximum Gasteiger partial charge on any atom is 0.123 e. The first-order valence-electron chi connectivity index (χ1n) is 9.55. The van der Waals surface area contributed by atoms with Gasteiger partial charge in [-0.1, -0.05) is 43.7 Å². The van der Waals surface area contributed by atoms with Crippen LogP contribution in [0.25, 0.3) is 0 Å². The molecule has 0 bridgehead atoms. The van der Waals surface area contributed by atoms with E-state index < -0.39 is 0 Å². The summed E-state index contributed by atoms with van der Waals surface area (Å²) in [7, 11) is 0. The minimum absolute atomic E-state index is 0.0128. The van der Waals surface area contributed by atoms with Gasteiger partial charge in [-0.15, -0.1) is 11.8 Å². The summed E-state index contributed by atoms with van der Waals surface area (Å²) < 4.78 is 15.4. The van der Waals surface area contributed by atoms with Crippen molar-refractivity contribution in [3.63, 3.8) is 0 Å². The van der Waals surface area contributed by atoms with Crippen LogP contribution < -0.4 is 0 Å². The van der Waals surface area contributed by atoms with Crippen molar-refractivity contribution in [3.05, 3.63) is 84.2 Å². The van der Waals surface area contributed by atoms with Crippen molar-refractivity contribution in [1.29, 1.82) is 0 Å². The number of imidazole rings is 1. The van der Waals surface area contributed by atoms with Gasteiger partial charge in [-0.3, -0.25) is 0 Å². The lowest BCUT2D eigenvalue weighted by Gasteiger charge is -2.30. The van der Waals surface area contributed by atoms with Crippen LogP contribution >= 0.6 is 11.8 Å². The van der Waals surface area contributed by atoms with E-state index >= 15 is 0 Å². The average molecular weight is 383 g/mol. The van der Waals surface area contributed by atoms with Crippen LogP contribution in [0.2, 0.25) is 0 Å². The topological polar surface area (TPSA) is 17.8 Å². The molecule has 0 fully saturated rings. The molecule has 0 amide bonds. The second-order valence-electron chi connectivity index (χ2n) is 7.27. The van der Waals surface area contributed by atoms with Crippen LogP contribution in [-0.4, -0.2) is 14.3 Å². The van der Waals surface area contributed by atoms with Crippen LogP contribution in [0.1, 0.15) is 37.8 Å². The number of halogens is 1. The molecular formula is C23H27FN2S. The zero-order valence-corrected chi connectivity index (χ0v) is 16.9. The van der Waals surface area contributed by atoms with Gasteiger partial charge in [0.15, 0.2) is 0 Å². The Morgan fingerprint density at radius 2 is 1.85 bits per heavy atom. The number of aryl methyl sites for hydroxylation is 2. The Labute approximate surface area is 165 Å². The molecule has 1 atom stereocenters. The molecule has 27 heavy (non-hydrogen) atoms. The van der Waals surface area contributed by atoms with Crippen LogP contribution in [-0.2, 0) is 19.4 Å². The normalized spacial score (nSPS) is 13.4. The number of rotatable bonds is 9. The van der Waals surface area contributed by atoms with Crippen LogP contribution in [0.15, 0.2) is 72.1 Å². The molecule has 0 saturated heterocycles. The van der Waals surface area contributed by atoms with Crippen LogP contribution in [0.5, 0.6) is 0 Å². The van der Waals surface area contributed by atoms with Gasteiger partial charge in [0.2, 0.25) is 0 Å². The van der Waals surface area contributed by atoms with Crippen molar-refractivity contribution in [2.75, 3.05) is 0 Å². The van der Waals surface area contributed by atoms with E-state index in [4.69, 9.17) is 0 Å². The smallest absolute Gasteiger partial charge is 0.123 e. The van der Waals surface area contributed by atoms with Crippen molar-refractivity contribution in [1.82, 2.24) is 9.55 Å². The lowest BCUT2D eigenvalue weighted by Crippen LogP contribution is -2.27. The molecule has 1 unspecified atom stereocenters. The fraction of sp³-hybridized carbons (Fsp3) is 0.348. The number of nitrogens with zero attached hydrogens (tertiary/aromatic N) is 2. The van der Waals surface area contributed by atoms with Gasteiger partial charge in [0.25, 0.3) is 0 Å². The summed E-state index contributed by atoms with van der Waals surface area (Å²) >= 11 is 1.96. The van der Waals surface area contributed by atoms with Gasteiger partial charge in [0.1, 0.15) is 5.82 Å². The summed E-state index contributed by atoms with van der Waals surface area (Å²) in [5.41, 5.74) is 2.60. The molecule has 3 aromatic rings. The minimum Gasteiger partial charge on any atom is -0.336 e. The van der Waals surface area contributed by atoms with Gasteiger partial charge in [-0.2, -0.15) is 0 Å². The first-order chi connectivity index (χ1) is 13.1. The van der Waals surface area contributed by atoms with Gasteiger partial charge in [0, 0.05) is 28.6 Å². The maximum absolute atomic E-state index is 13.2. The zero-order chi connectivity index (χ0) is 19.1. The third kappa shape index (κ3) is 5.70. The van der Waals surface area contributed by atoms with E-state index in [1.54, 1.807) is 12.1 Å². The molecule has 0 aliphatic heterocycles. The highest BCUT2D eigenvalue weighted by atomic mass is 32.2. The highest BCUT2D eigenvalue weighted by molar-refractivity contribution is 8.00. The average Bonchev–Trinajstić information content (AvgIpc) is 3.16. The molecule has 4 heteroatoms. The Kier molecular flexibility index (Phi) is 6.73. The van der Waals surface area contributed by atoms with Crippen LogP contribution in [0, 0.1) is 5.82 Å². The van der Waals surface area contributed by atoms with Gasteiger partial charge >= 0.3 is 0 Å². The van der Waals surface area contributed by atoms with Gasteiger partial charge in [0.05, 0.1) is 6.33 Å². The molecule has 0 saturated carbocycles. The van der Waals surface area contributed by atoms with Gasteiger partial charge in [-0.25, -0.2) is 9.37 Å². The van der Waals surface area contributed by atoms with Crippen molar-refractivity contribution in [2.24, 2.45) is 0 Å². The Bertz CT molecular complexity index is 830. The van der Waals surface area contributed by atoms with E-state index in [0.717, 1.165) is 32.2 Å². The van der Waals surface area contributed by atoms with E-state index in [1.165, 1.54) is 16.0 Å². The first kappa shape index (κ1) is 19.7. The van der Waals surface area contributed by atoms with Crippen molar-refractivity contribution < 1.29 is 4.39 Å². The maximum atomic E-state index is 13.2. The van der Waals surface area contributed by atoms with E-state index in [1.807, 2.05) is 42.6 Å². The monoisotopic (exact) mass is 382 g/mol. The molecular weight excluding hydrogens is 355 g/mol. The molecule has 0 N–H and O–H groups in total. The number of aromatic nitrogens is 2. The second-order valence-corrected chi connectivity index (χ2v) is 8.90. The molecule has 3 rings (SSSR count). The SMILES string of the molecule is CCCc1ccccc1SC(C)(CCc1ccc(F)cc1)Cn1ccnc1. The first-order valence-corrected chi connectivity index (χ1v) is 10.4. The zero-order valence-electron chi connectivity index (χ0n) is 16.1. The van der Waals surface area contributed by atoms with Gasteiger partial charge in [-0.05, 0) is 55.5 Å². The second kappa shape index (κ2) is 9.23. The lowest BCUT2D eigenvalue weighted by atomic mass is 10.00. The summed E-state index contributed by atoms with van der Waals surface area (Å²) in [6.07, 6.45) is 9.91. The Balaban J connectivity index is 1.80. The largest absolute Gasteiger partial charge is 0.336 e. The quantitative estimate of drug-likeness (QED) is 0.413. The van der Waals surface area contributed by atoms with E-state index in [0.29, 0.717) is 0 Å². The summed E-state index contributed by atoms with van der Waals surface area (Å²) in [4.78, 5) is 5.56. The third-order valence-corrected chi connectivity index (χ3v) is 6.22. The van der Waals surface area contributed by atoms with Crippen LogP contribution in [0.4, 0.5) is 4.39 Å². The summed E-state index contributed by atoms with van der Waals surface area (Å²) in [6.45, 7) is 5.43. The predicted octanol–water partition coefficient (Wildman–Crippen LogP) is 6.16. The number of thioether (sulfide) groups is 1. The third-order valence-electron chi connectivity index (χ3n) is 4.78. The minimum atomic E-state index is -0.178. The molecule has 0 aliphatic rings. The number of benzene rings is 2.